The van der Waals surface area contributed by atoms with Crippen LogP contribution < -0.4 is 10.1 Å². The third kappa shape index (κ3) is 4.83. The van der Waals surface area contributed by atoms with Crippen molar-refractivity contribution in [1.82, 2.24) is 10.3 Å². The van der Waals surface area contributed by atoms with Gasteiger partial charge in [-0.05, 0) is 63.1 Å². The molecule has 0 aliphatic carbocycles. The summed E-state index contributed by atoms with van der Waals surface area (Å²) in [4.78, 5) is 4.19. The zero-order valence-electron chi connectivity index (χ0n) is 12.9. The lowest BCUT2D eigenvalue weighted by atomic mass is 10.1. The second-order valence-electron chi connectivity index (χ2n) is 6.12. The first-order valence-corrected chi connectivity index (χ1v) is 6.97. The lowest BCUT2D eigenvalue weighted by molar-refractivity contribution is 0.421. The molecule has 1 aromatic heterocycles. The van der Waals surface area contributed by atoms with Gasteiger partial charge in [-0.25, -0.2) is 9.37 Å². The highest BCUT2D eigenvalue weighted by Crippen LogP contribution is 2.22. The van der Waals surface area contributed by atoms with Gasteiger partial charge in [0.15, 0.2) is 0 Å². The molecular weight excluding hydrogens is 267 g/mol. The van der Waals surface area contributed by atoms with E-state index >= 15 is 0 Å². The highest BCUT2D eigenvalue weighted by molar-refractivity contribution is 5.32. The van der Waals surface area contributed by atoms with Crippen LogP contribution in [0.25, 0.3) is 0 Å². The molecule has 0 aliphatic heterocycles. The Balaban J connectivity index is 2.08. The van der Waals surface area contributed by atoms with Crippen LogP contribution >= 0.6 is 0 Å². The van der Waals surface area contributed by atoms with E-state index in [0.29, 0.717) is 17.2 Å². The number of nitrogens with one attached hydrogen (secondary N) is 1. The standard InChI is InChI=1S/C17H21FN2O/c1-12-9-14(5-6-15(12)18)21-16-10-13(7-8-19-16)11-20-17(2,3)4/h5-10,20H,11H2,1-4H3. The monoisotopic (exact) mass is 288 g/mol. The third-order valence-electron chi connectivity index (χ3n) is 2.97. The molecule has 4 heteroatoms. The highest BCUT2D eigenvalue weighted by atomic mass is 19.1. The molecule has 21 heavy (non-hydrogen) atoms. The second kappa shape index (κ2) is 6.22. The second-order valence-corrected chi connectivity index (χ2v) is 6.12. The van der Waals surface area contributed by atoms with Crippen LogP contribution in [0.15, 0.2) is 36.5 Å². The molecule has 0 radical (unpaired) electrons. The fraction of sp³-hybridized carbons (Fsp3) is 0.353. The summed E-state index contributed by atoms with van der Waals surface area (Å²) in [6, 6.07) is 8.50. The van der Waals surface area contributed by atoms with E-state index < -0.39 is 0 Å². The van der Waals surface area contributed by atoms with Crippen LogP contribution in [0.5, 0.6) is 11.6 Å². The molecule has 1 heterocycles. The predicted octanol–water partition coefficient (Wildman–Crippen LogP) is 4.21. The fourth-order valence-electron chi connectivity index (χ4n) is 1.78. The first-order chi connectivity index (χ1) is 9.83. The average Bonchev–Trinajstić information content (AvgIpc) is 2.40. The normalized spacial score (nSPS) is 11.5. The molecule has 0 spiro atoms. The Labute approximate surface area is 125 Å². The minimum atomic E-state index is -0.238. The van der Waals surface area contributed by atoms with Crippen molar-refractivity contribution < 1.29 is 9.13 Å². The number of aromatic nitrogens is 1. The van der Waals surface area contributed by atoms with E-state index in [-0.39, 0.29) is 11.4 Å². The van der Waals surface area contributed by atoms with Gasteiger partial charge in [-0.15, -0.1) is 0 Å². The number of halogens is 1. The SMILES string of the molecule is Cc1cc(Oc2cc(CNC(C)(C)C)ccn2)ccc1F. The fourth-order valence-corrected chi connectivity index (χ4v) is 1.78. The average molecular weight is 288 g/mol. The molecule has 1 aromatic carbocycles. The largest absolute Gasteiger partial charge is 0.439 e. The van der Waals surface area contributed by atoms with Gasteiger partial charge in [-0.1, -0.05) is 0 Å². The number of rotatable bonds is 4. The topological polar surface area (TPSA) is 34.1 Å². The molecule has 0 unspecified atom stereocenters. The third-order valence-corrected chi connectivity index (χ3v) is 2.97. The molecule has 112 valence electrons. The number of aryl methyl sites for hydroxylation is 1. The lowest BCUT2D eigenvalue weighted by Crippen LogP contribution is -2.35. The van der Waals surface area contributed by atoms with Crippen molar-refractivity contribution in [3.05, 3.63) is 53.5 Å². The molecule has 0 saturated heterocycles. The first-order valence-electron chi connectivity index (χ1n) is 6.97. The van der Waals surface area contributed by atoms with E-state index in [1.165, 1.54) is 6.07 Å². The van der Waals surface area contributed by atoms with E-state index in [1.807, 2.05) is 12.1 Å². The molecule has 0 atom stereocenters. The molecule has 0 amide bonds. The Bertz CT molecular complexity index is 620. The molecule has 2 rings (SSSR count). The Morgan fingerprint density at radius 1 is 1.19 bits per heavy atom. The van der Waals surface area contributed by atoms with Crippen LogP contribution in [0.2, 0.25) is 0 Å². The predicted molar refractivity (Wildman–Crippen MR) is 82.0 cm³/mol. The smallest absolute Gasteiger partial charge is 0.219 e. The van der Waals surface area contributed by atoms with E-state index in [1.54, 1.807) is 25.3 Å². The number of hydrogen-bond acceptors (Lipinski definition) is 3. The summed E-state index contributed by atoms with van der Waals surface area (Å²) in [6.45, 7) is 8.80. The van der Waals surface area contributed by atoms with Crippen LogP contribution in [-0.2, 0) is 6.54 Å². The van der Waals surface area contributed by atoms with E-state index in [2.05, 4.69) is 31.1 Å². The molecule has 1 N–H and O–H groups in total. The Morgan fingerprint density at radius 2 is 1.95 bits per heavy atom. The molecular formula is C17H21FN2O. The van der Waals surface area contributed by atoms with Crippen molar-refractivity contribution in [2.24, 2.45) is 0 Å². The van der Waals surface area contributed by atoms with Gasteiger partial charge in [0.1, 0.15) is 11.6 Å². The van der Waals surface area contributed by atoms with Gasteiger partial charge >= 0.3 is 0 Å². The molecule has 3 nitrogen and oxygen atoms in total. The Hall–Kier alpha value is -1.94. The Morgan fingerprint density at radius 3 is 2.62 bits per heavy atom. The highest BCUT2D eigenvalue weighted by Gasteiger charge is 2.09. The summed E-state index contributed by atoms with van der Waals surface area (Å²) in [5, 5.41) is 3.41. The number of benzene rings is 1. The van der Waals surface area contributed by atoms with Crippen molar-refractivity contribution in [2.75, 3.05) is 0 Å². The van der Waals surface area contributed by atoms with Crippen LogP contribution in [0.1, 0.15) is 31.9 Å². The van der Waals surface area contributed by atoms with Gasteiger partial charge in [0.25, 0.3) is 0 Å². The van der Waals surface area contributed by atoms with Crippen molar-refractivity contribution in [2.45, 2.75) is 39.8 Å². The summed E-state index contributed by atoms with van der Waals surface area (Å²) in [5.74, 6) is 0.856. The summed E-state index contributed by atoms with van der Waals surface area (Å²) >= 11 is 0. The summed E-state index contributed by atoms with van der Waals surface area (Å²) in [7, 11) is 0. The van der Waals surface area contributed by atoms with Crippen molar-refractivity contribution in [1.29, 1.82) is 0 Å². The van der Waals surface area contributed by atoms with Gasteiger partial charge < -0.3 is 10.1 Å². The minimum Gasteiger partial charge on any atom is -0.439 e. The molecule has 0 bridgehead atoms. The maximum Gasteiger partial charge on any atom is 0.219 e. The lowest BCUT2D eigenvalue weighted by Gasteiger charge is -2.20. The summed E-state index contributed by atoms with van der Waals surface area (Å²) < 4.78 is 18.9. The first kappa shape index (κ1) is 15.4. The number of nitrogens with zero attached hydrogens (tertiary/aromatic N) is 1. The van der Waals surface area contributed by atoms with Crippen molar-refractivity contribution in [3.8, 4) is 11.6 Å². The number of pyridine rings is 1. The number of ether oxygens (including phenoxy) is 1. The summed E-state index contributed by atoms with van der Waals surface area (Å²) in [5.41, 5.74) is 1.70. The van der Waals surface area contributed by atoms with Gasteiger partial charge in [0, 0.05) is 24.3 Å². The van der Waals surface area contributed by atoms with Gasteiger partial charge in [0.2, 0.25) is 5.88 Å². The van der Waals surface area contributed by atoms with Gasteiger partial charge in [0.05, 0.1) is 0 Å². The zero-order chi connectivity index (χ0) is 15.5. The van der Waals surface area contributed by atoms with Crippen LogP contribution in [0.3, 0.4) is 0 Å². The maximum atomic E-state index is 13.2. The van der Waals surface area contributed by atoms with Crippen LogP contribution in [0.4, 0.5) is 4.39 Å². The quantitative estimate of drug-likeness (QED) is 0.915. The van der Waals surface area contributed by atoms with Crippen molar-refractivity contribution >= 4 is 0 Å². The van der Waals surface area contributed by atoms with E-state index in [4.69, 9.17) is 4.74 Å². The van der Waals surface area contributed by atoms with Crippen LogP contribution in [-0.4, -0.2) is 10.5 Å². The molecule has 0 fully saturated rings. The maximum absolute atomic E-state index is 13.2. The van der Waals surface area contributed by atoms with Crippen LogP contribution in [0, 0.1) is 12.7 Å². The molecule has 0 saturated carbocycles. The van der Waals surface area contributed by atoms with E-state index in [0.717, 1.165) is 12.1 Å². The van der Waals surface area contributed by atoms with Crippen molar-refractivity contribution in [3.63, 3.8) is 0 Å². The molecule has 2 aromatic rings. The van der Waals surface area contributed by atoms with Gasteiger partial charge in [-0.3, -0.25) is 0 Å². The number of hydrogen-bond donors (Lipinski definition) is 1. The molecule has 0 aliphatic rings. The summed E-state index contributed by atoms with van der Waals surface area (Å²) in [6.07, 6.45) is 1.71. The van der Waals surface area contributed by atoms with Gasteiger partial charge in [-0.2, -0.15) is 0 Å². The van der Waals surface area contributed by atoms with E-state index in [9.17, 15) is 4.39 Å². The zero-order valence-corrected chi connectivity index (χ0v) is 12.9. The minimum absolute atomic E-state index is 0.0539. The Kier molecular flexibility index (Phi) is 4.58.